The first-order valence-corrected chi connectivity index (χ1v) is 8.91. The first kappa shape index (κ1) is 17.1. The Bertz CT molecular complexity index is 1040. The van der Waals surface area contributed by atoms with Crippen molar-refractivity contribution in [2.75, 3.05) is 5.73 Å². The van der Waals surface area contributed by atoms with E-state index in [2.05, 4.69) is 5.48 Å². The van der Waals surface area contributed by atoms with Crippen LogP contribution in [0.3, 0.4) is 0 Å². The molecule has 3 aromatic rings. The van der Waals surface area contributed by atoms with E-state index in [4.69, 9.17) is 10.6 Å². The van der Waals surface area contributed by atoms with Crippen LogP contribution in [0.15, 0.2) is 60.7 Å². The Balaban J connectivity index is 1.45. The highest BCUT2D eigenvalue weighted by Gasteiger charge is 2.35. The summed E-state index contributed by atoms with van der Waals surface area (Å²) in [5, 5.41) is 1.84. The smallest absolute Gasteiger partial charge is 0.336 e. The van der Waals surface area contributed by atoms with Gasteiger partial charge < -0.3 is 10.6 Å². The third kappa shape index (κ3) is 3.12. The van der Waals surface area contributed by atoms with Crippen LogP contribution < -0.4 is 11.2 Å². The van der Waals surface area contributed by atoms with E-state index in [1.54, 1.807) is 12.1 Å². The molecule has 3 N–H and O–H groups in total. The van der Waals surface area contributed by atoms with Crippen LogP contribution in [0.1, 0.15) is 34.3 Å². The van der Waals surface area contributed by atoms with Crippen LogP contribution in [0.2, 0.25) is 0 Å². The second-order valence-corrected chi connectivity index (χ2v) is 6.94. The van der Waals surface area contributed by atoms with Crippen LogP contribution in [0.4, 0.5) is 5.69 Å². The lowest BCUT2D eigenvalue weighted by molar-refractivity contribution is -0.154. The standard InChI is InChI=1S/C22H20N2O3/c1-13-17-9-5-4-8-16(17)11-18(13)22(26)27-24-21(25)19-10-14-6-2-3-7-15(14)12-20(19)23/h2-10,12-13,18H,11,23H2,1H3,(H,24,25). The molecule has 5 nitrogen and oxygen atoms in total. The van der Waals surface area contributed by atoms with Crippen LogP contribution in [-0.2, 0) is 16.1 Å². The summed E-state index contributed by atoms with van der Waals surface area (Å²) >= 11 is 0. The average Bonchev–Trinajstić information content (AvgIpc) is 3.02. The molecule has 0 radical (unpaired) electrons. The van der Waals surface area contributed by atoms with Crippen molar-refractivity contribution in [2.24, 2.45) is 5.92 Å². The van der Waals surface area contributed by atoms with E-state index < -0.39 is 11.9 Å². The molecule has 136 valence electrons. The zero-order valence-corrected chi connectivity index (χ0v) is 14.9. The Morgan fingerprint density at radius 3 is 2.44 bits per heavy atom. The fourth-order valence-electron chi connectivity index (χ4n) is 3.76. The molecule has 0 fully saturated rings. The monoisotopic (exact) mass is 360 g/mol. The van der Waals surface area contributed by atoms with Gasteiger partial charge >= 0.3 is 5.97 Å². The van der Waals surface area contributed by atoms with Crippen molar-refractivity contribution in [1.29, 1.82) is 0 Å². The molecule has 0 aromatic heterocycles. The number of benzene rings is 3. The molecule has 0 saturated carbocycles. The van der Waals surface area contributed by atoms with E-state index in [0.29, 0.717) is 12.1 Å². The molecule has 0 bridgehead atoms. The van der Waals surface area contributed by atoms with Gasteiger partial charge in [0, 0.05) is 5.69 Å². The number of carbonyl (C=O) groups is 2. The van der Waals surface area contributed by atoms with E-state index in [-0.39, 0.29) is 17.4 Å². The zero-order chi connectivity index (χ0) is 19.0. The number of rotatable bonds is 2. The molecule has 1 amide bonds. The second-order valence-electron chi connectivity index (χ2n) is 6.94. The van der Waals surface area contributed by atoms with Gasteiger partial charge in [-0.05, 0) is 46.4 Å². The molecule has 0 aliphatic heterocycles. The topological polar surface area (TPSA) is 81.4 Å². The van der Waals surface area contributed by atoms with Crippen LogP contribution in [0, 0.1) is 5.92 Å². The number of nitrogen functional groups attached to an aromatic ring is 1. The van der Waals surface area contributed by atoms with Gasteiger partial charge in [0.15, 0.2) is 0 Å². The fraction of sp³-hybridized carbons (Fsp3) is 0.182. The molecule has 27 heavy (non-hydrogen) atoms. The van der Waals surface area contributed by atoms with Crippen molar-refractivity contribution in [3.63, 3.8) is 0 Å². The zero-order valence-electron chi connectivity index (χ0n) is 14.9. The minimum absolute atomic E-state index is 0.0522. The van der Waals surface area contributed by atoms with Gasteiger partial charge in [-0.15, -0.1) is 0 Å². The lowest BCUT2D eigenvalue weighted by Crippen LogP contribution is -2.32. The highest BCUT2D eigenvalue weighted by atomic mass is 16.7. The number of fused-ring (bicyclic) bond motifs is 2. The van der Waals surface area contributed by atoms with Crippen LogP contribution >= 0.6 is 0 Å². The highest BCUT2D eigenvalue weighted by Crippen LogP contribution is 2.37. The van der Waals surface area contributed by atoms with Crippen LogP contribution in [0.5, 0.6) is 0 Å². The Morgan fingerprint density at radius 2 is 1.70 bits per heavy atom. The van der Waals surface area contributed by atoms with Crippen molar-refractivity contribution in [1.82, 2.24) is 5.48 Å². The molecule has 2 atom stereocenters. The Kier molecular flexibility index (Phi) is 4.28. The molecule has 0 saturated heterocycles. The van der Waals surface area contributed by atoms with Crippen LogP contribution in [0.25, 0.3) is 10.8 Å². The molecule has 1 aliphatic rings. The maximum Gasteiger partial charge on any atom is 0.336 e. The maximum absolute atomic E-state index is 12.5. The van der Waals surface area contributed by atoms with E-state index in [1.807, 2.05) is 55.5 Å². The predicted molar refractivity (Wildman–Crippen MR) is 104 cm³/mol. The summed E-state index contributed by atoms with van der Waals surface area (Å²) in [5.41, 5.74) is 11.2. The molecule has 3 aromatic carbocycles. The summed E-state index contributed by atoms with van der Waals surface area (Å²) < 4.78 is 0. The number of hydroxylamine groups is 1. The van der Waals surface area contributed by atoms with Crippen molar-refractivity contribution in [2.45, 2.75) is 19.3 Å². The predicted octanol–water partition coefficient (Wildman–Crippen LogP) is 3.59. The maximum atomic E-state index is 12.5. The molecule has 0 spiro atoms. The number of carbonyl (C=O) groups excluding carboxylic acids is 2. The number of nitrogens with one attached hydrogen (secondary N) is 1. The Labute approximate surface area is 157 Å². The second kappa shape index (κ2) is 6.76. The van der Waals surface area contributed by atoms with Gasteiger partial charge in [0.05, 0.1) is 11.5 Å². The first-order valence-electron chi connectivity index (χ1n) is 8.91. The minimum Gasteiger partial charge on any atom is -0.398 e. The van der Waals surface area contributed by atoms with E-state index in [9.17, 15) is 9.59 Å². The Morgan fingerprint density at radius 1 is 1.04 bits per heavy atom. The summed E-state index contributed by atoms with van der Waals surface area (Å²) in [6, 6.07) is 19.0. The summed E-state index contributed by atoms with van der Waals surface area (Å²) in [5.74, 6) is -1.23. The van der Waals surface area contributed by atoms with Gasteiger partial charge in [0.2, 0.25) is 0 Å². The average molecular weight is 360 g/mol. The van der Waals surface area contributed by atoms with Crippen molar-refractivity contribution >= 4 is 28.3 Å². The largest absolute Gasteiger partial charge is 0.398 e. The lowest BCUT2D eigenvalue weighted by Gasteiger charge is -2.15. The molecule has 2 unspecified atom stereocenters. The van der Waals surface area contributed by atoms with Crippen LogP contribution in [-0.4, -0.2) is 11.9 Å². The minimum atomic E-state index is -0.533. The van der Waals surface area contributed by atoms with Crippen molar-refractivity contribution in [3.05, 3.63) is 77.4 Å². The van der Waals surface area contributed by atoms with Gasteiger partial charge in [0.1, 0.15) is 0 Å². The van der Waals surface area contributed by atoms with Gasteiger partial charge in [-0.25, -0.2) is 4.79 Å². The SMILES string of the molecule is CC1c2ccccc2CC1C(=O)ONC(=O)c1cc2ccccc2cc1N. The van der Waals surface area contributed by atoms with Crippen molar-refractivity contribution in [3.8, 4) is 0 Å². The third-order valence-corrected chi connectivity index (χ3v) is 5.30. The van der Waals surface area contributed by atoms with Crippen molar-refractivity contribution < 1.29 is 14.4 Å². The number of nitrogens with two attached hydrogens (primary N) is 1. The Hall–Kier alpha value is -3.34. The highest BCUT2D eigenvalue weighted by molar-refractivity contribution is 6.03. The van der Waals surface area contributed by atoms with Gasteiger partial charge in [0.25, 0.3) is 5.91 Å². The van der Waals surface area contributed by atoms with E-state index >= 15 is 0 Å². The van der Waals surface area contributed by atoms with Gasteiger partial charge in [-0.1, -0.05) is 55.5 Å². The number of anilines is 1. The fourth-order valence-corrected chi connectivity index (χ4v) is 3.76. The molecule has 5 heteroatoms. The quantitative estimate of drug-likeness (QED) is 0.541. The van der Waals surface area contributed by atoms with Gasteiger partial charge in [-0.3, -0.25) is 4.79 Å². The number of hydrogen-bond acceptors (Lipinski definition) is 4. The summed E-state index contributed by atoms with van der Waals surface area (Å²) in [7, 11) is 0. The van der Waals surface area contributed by atoms with E-state index in [1.165, 1.54) is 0 Å². The molecule has 1 aliphatic carbocycles. The van der Waals surface area contributed by atoms with E-state index in [0.717, 1.165) is 21.9 Å². The molecule has 4 rings (SSSR count). The molecule has 0 heterocycles. The molecular weight excluding hydrogens is 340 g/mol. The molecular formula is C22H20N2O3. The normalized spacial score (nSPS) is 18.1. The number of hydrogen-bond donors (Lipinski definition) is 2. The van der Waals surface area contributed by atoms with Gasteiger partial charge in [-0.2, -0.15) is 5.48 Å². The summed E-state index contributed by atoms with van der Waals surface area (Å²) in [6.45, 7) is 2.00. The number of amides is 1. The summed E-state index contributed by atoms with van der Waals surface area (Å²) in [4.78, 5) is 30.1. The first-order chi connectivity index (χ1) is 13.0. The summed E-state index contributed by atoms with van der Waals surface area (Å²) in [6.07, 6.45) is 0.615. The lowest BCUT2D eigenvalue weighted by atomic mass is 9.95. The third-order valence-electron chi connectivity index (χ3n) is 5.30.